The zero-order valence-corrected chi connectivity index (χ0v) is 17.9. The number of piperidine rings is 1. The first-order valence-electron chi connectivity index (χ1n) is 10.1. The molecule has 1 saturated heterocycles. The van der Waals surface area contributed by atoms with Crippen LogP contribution in [0.3, 0.4) is 0 Å². The fourth-order valence-corrected chi connectivity index (χ4v) is 3.04. The Hall–Kier alpha value is -2.77. The molecule has 2 rings (SSSR count). The minimum absolute atomic E-state index is 0.0208. The van der Waals surface area contributed by atoms with Gasteiger partial charge in [-0.2, -0.15) is 0 Å². The highest BCUT2D eigenvalue weighted by atomic mass is 16.6. The van der Waals surface area contributed by atoms with Crippen LogP contribution in [0.25, 0.3) is 0 Å². The van der Waals surface area contributed by atoms with Gasteiger partial charge in [0.25, 0.3) is 0 Å². The number of carbonyl (C=O) groups is 2. The van der Waals surface area contributed by atoms with Crippen molar-refractivity contribution in [3.05, 3.63) is 35.4 Å². The van der Waals surface area contributed by atoms with Crippen LogP contribution in [0.15, 0.2) is 29.3 Å². The lowest BCUT2D eigenvalue weighted by atomic mass is 10.1. The Kier molecular flexibility index (Phi) is 8.76. The summed E-state index contributed by atoms with van der Waals surface area (Å²) in [7, 11) is 3.46. The number of likely N-dealkylation sites (tertiary alicyclic amines) is 1. The number of likely N-dealkylation sites (N-methyl/N-ethyl adjacent to an activating group) is 1. The summed E-state index contributed by atoms with van der Waals surface area (Å²) >= 11 is 0. The standard InChI is InChI=1S/C21H33N5O3/c1-5-29-21(28)26-12-10-18(11-13-26)24-20(23-15-19(27)25(3)4)22-14-17-9-7-6-8-16(17)2/h6-9,18H,5,10-15H2,1-4H3,(H2,22,23,24). The summed E-state index contributed by atoms with van der Waals surface area (Å²) in [4.78, 5) is 31.8. The lowest BCUT2D eigenvalue weighted by Crippen LogP contribution is -2.51. The number of nitrogens with one attached hydrogen (secondary N) is 2. The van der Waals surface area contributed by atoms with E-state index >= 15 is 0 Å². The third-order valence-corrected chi connectivity index (χ3v) is 4.94. The number of rotatable bonds is 6. The highest BCUT2D eigenvalue weighted by Gasteiger charge is 2.24. The Labute approximate surface area is 173 Å². The SMILES string of the molecule is CCOC(=O)N1CCC(NC(=NCc2ccccc2C)NCC(=O)N(C)C)CC1. The average Bonchev–Trinajstić information content (AvgIpc) is 2.71. The van der Waals surface area contributed by atoms with E-state index in [0.717, 1.165) is 18.4 Å². The average molecular weight is 404 g/mol. The number of carbonyl (C=O) groups excluding carboxylic acids is 2. The summed E-state index contributed by atoms with van der Waals surface area (Å²) in [5, 5.41) is 6.56. The molecule has 29 heavy (non-hydrogen) atoms. The lowest BCUT2D eigenvalue weighted by molar-refractivity contribution is -0.127. The van der Waals surface area contributed by atoms with Gasteiger partial charge < -0.3 is 25.2 Å². The molecule has 1 aromatic carbocycles. The number of hydrogen-bond acceptors (Lipinski definition) is 4. The van der Waals surface area contributed by atoms with Crippen LogP contribution in [0.5, 0.6) is 0 Å². The molecule has 2 N–H and O–H groups in total. The van der Waals surface area contributed by atoms with Crippen LogP contribution < -0.4 is 10.6 Å². The van der Waals surface area contributed by atoms with E-state index in [2.05, 4.69) is 34.7 Å². The predicted molar refractivity (Wildman–Crippen MR) is 114 cm³/mol. The van der Waals surface area contributed by atoms with E-state index in [1.165, 1.54) is 5.56 Å². The maximum absolute atomic E-state index is 12.0. The van der Waals surface area contributed by atoms with Crippen molar-refractivity contribution in [1.29, 1.82) is 0 Å². The number of ether oxygens (including phenoxy) is 1. The quantitative estimate of drug-likeness (QED) is 0.558. The van der Waals surface area contributed by atoms with Gasteiger partial charge in [-0.3, -0.25) is 4.79 Å². The number of aliphatic imine (C=N–C) groups is 1. The first-order chi connectivity index (χ1) is 13.9. The second-order valence-corrected chi connectivity index (χ2v) is 7.34. The molecular formula is C21H33N5O3. The highest BCUT2D eigenvalue weighted by molar-refractivity contribution is 5.86. The number of hydrogen-bond donors (Lipinski definition) is 2. The molecule has 1 aliphatic heterocycles. The van der Waals surface area contributed by atoms with Crippen LogP contribution in [0.2, 0.25) is 0 Å². The molecule has 0 atom stereocenters. The van der Waals surface area contributed by atoms with Gasteiger partial charge in [-0.05, 0) is 37.8 Å². The first-order valence-corrected chi connectivity index (χ1v) is 10.1. The van der Waals surface area contributed by atoms with E-state index in [1.54, 1.807) is 23.9 Å². The van der Waals surface area contributed by atoms with Crippen LogP contribution >= 0.6 is 0 Å². The molecule has 0 radical (unpaired) electrons. The van der Waals surface area contributed by atoms with Crippen molar-refractivity contribution in [3.8, 4) is 0 Å². The maximum atomic E-state index is 12.0. The van der Waals surface area contributed by atoms with Gasteiger partial charge in [-0.25, -0.2) is 9.79 Å². The molecule has 8 nitrogen and oxygen atoms in total. The largest absolute Gasteiger partial charge is 0.450 e. The van der Waals surface area contributed by atoms with E-state index in [9.17, 15) is 9.59 Å². The van der Waals surface area contributed by atoms with E-state index < -0.39 is 0 Å². The number of benzene rings is 1. The molecule has 8 heteroatoms. The van der Waals surface area contributed by atoms with Crippen LogP contribution in [-0.4, -0.2) is 74.1 Å². The molecule has 1 aromatic rings. The molecular weight excluding hydrogens is 370 g/mol. The summed E-state index contributed by atoms with van der Waals surface area (Å²) < 4.78 is 5.07. The summed E-state index contributed by atoms with van der Waals surface area (Å²) in [5.74, 6) is 0.588. The van der Waals surface area contributed by atoms with E-state index in [-0.39, 0.29) is 24.6 Å². The van der Waals surface area contributed by atoms with Gasteiger partial charge in [0, 0.05) is 33.2 Å². The molecule has 1 aliphatic rings. The van der Waals surface area contributed by atoms with Gasteiger partial charge >= 0.3 is 6.09 Å². The third-order valence-electron chi connectivity index (χ3n) is 4.94. The molecule has 1 heterocycles. The number of nitrogens with zero attached hydrogens (tertiary/aromatic N) is 3. The molecule has 0 bridgehead atoms. The van der Waals surface area contributed by atoms with Crippen molar-refractivity contribution in [2.75, 3.05) is 40.3 Å². The molecule has 1 fully saturated rings. The Morgan fingerprint density at radius 1 is 1.24 bits per heavy atom. The Morgan fingerprint density at radius 2 is 1.93 bits per heavy atom. The van der Waals surface area contributed by atoms with Crippen LogP contribution in [0.1, 0.15) is 30.9 Å². The van der Waals surface area contributed by atoms with Crippen molar-refractivity contribution >= 4 is 18.0 Å². The first kappa shape index (κ1) is 22.5. The summed E-state index contributed by atoms with van der Waals surface area (Å²) in [6.07, 6.45) is 1.34. The molecule has 160 valence electrons. The van der Waals surface area contributed by atoms with Crippen LogP contribution in [0, 0.1) is 6.92 Å². The smallest absolute Gasteiger partial charge is 0.409 e. The fourth-order valence-electron chi connectivity index (χ4n) is 3.04. The number of amides is 2. The molecule has 0 saturated carbocycles. The van der Waals surface area contributed by atoms with E-state index in [0.29, 0.717) is 32.2 Å². The van der Waals surface area contributed by atoms with Crippen molar-refractivity contribution in [1.82, 2.24) is 20.4 Å². The highest BCUT2D eigenvalue weighted by Crippen LogP contribution is 2.12. The zero-order valence-electron chi connectivity index (χ0n) is 17.9. The maximum Gasteiger partial charge on any atom is 0.409 e. The van der Waals surface area contributed by atoms with Gasteiger partial charge in [0.1, 0.15) is 0 Å². The second-order valence-electron chi connectivity index (χ2n) is 7.34. The van der Waals surface area contributed by atoms with Crippen LogP contribution in [0.4, 0.5) is 4.79 Å². The second kappa shape index (κ2) is 11.3. The molecule has 2 amide bonds. The van der Waals surface area contributed by atoms with Gasteiger partial charge in [0.2, 0.25) is 5.91 Å². The van der Waals surface area contributed by atoms with Gasteiger partial charge in [-0.15, -0.1) is 0 Å². The number of aryl methyl sites for hydroxylation is 1. The summed E-state index contributed by atoms with van der Waals surface area (Å²) in [6, 6.07) is 8.30. The van der Waals surface area contributed by atoms with E-state index in [1.807, 2.05) is 19.1 Å². The third kappa shape index (κ3) is 7.29. The van der Waals surface area contributed by atoms with Gasteiger partial charge in [0.05, 0.1) is 19.7 Å². The molecule has 0 unspecified atom stereocenters. The van der Waals surface area contributed by atoms with Crippen molar-refractivity contribution < 1.29 is 14.3 Å². The van der Waals surface area contributed by atoms with Crippen molar-refractivity contribution in [2.24, 2.45) is 4.99 Å². The van der Waals surface area contributed by atoms with Crippen molar-refractivity contribution in [3.63, 3.8) is 0 Å². The summed E-state index contributed by atoms with van der Waals surface area (Å²) in [6.45, 7) is 6.23. The fraction of sp³-hybridized carbons (Fsp3) is 0.571. The Morgan fingerprint density at radius 3 is 2.55 bits per heavy atom. The number of guanidine groups is 1. The predicted octanol–water partition coefficient (Wildman–Crippen LogP) is 1.74. The minimum Gasteiger partial charge on any atom is -0.450 e. The minimum atomic E-state index is -0.255. The van der Waals surface area contributed by atoms with Gasteiger partial charge in [-0.1, -0.05) is 24.3 Å². The monoisotopic (exact) mass is 403 g/mol. The van der Waals surface area contributed by atoms with E-state index in [4.69, 9.17) is 4.74 Å². The van der Waals surface area contributed by atoms with Gasteiger partial charge in [0.15, 0.2) is 5.96 Å². The summed E-state index contributed by atoms with van der Waals surface area (Å²) in [5.41, 5.74) is 2.33. The molecule has 0 spiro atoms. The lowest BCUT2D eigenvalue weighted by Gasteiger charge is -2.32. The van der Waals surface area contributed by atoms with Crippen molar-refractivity contribution in [2.45, 2.75) is 39.3 Å². The molecule has 0 aliphatic carbocycles. The van der Waals surface area contributed by atoms with Crippen LogP contribution in [-0.2, 0) is 16.1 Å². The molecule has 0 aromatic heterocycles. The normalized spacial score (nSPS) is 15.0. The Balaban J connectivity index is 1.98. The topological polar surface area (TPSA) is 86.3 Å². The Bertz CT molecular complexity index is 712. The zero-order chi connectivity index (χ0) is 21.2.